The Morgan fingerprint density at radius 2 is 1.88 bits per heavy atom. The van der Waals surface area contributed by atoms with Crippen molar-refractivity contribution >= 4 is 31.6 Å². The van der Waals surface area contributed by atoms with Crippen LogP contribution in [0.1, 0.15) is 5.56 Å². The molecule has 0 bridgehead atoms. The van der Waals surface area contributed by atoms with Crippen LogP contribution in [0.15, 0.2) is 51.8 Å². The van der Waals surface area contributed by atoms with Crippen LogP contribution in [0.3, 0.4) is 0 Å². The first-order valence-electron chi connectivity index (χ1n) is 6.19. The van der Waals surface area contributed by atoms with Gasteiger partial charge in [-0.2, -0.15) is 5.26 Å². The highest BCUT2D eigenvalue weighted by molar-refractivity contribution is 9.10. The minimum Gasteiger partial charge on any atom is -0.404 e. The van der Waals surface area contributed by atoms with E-state index in [9.17, 15) is 21.6 Å². The van der Waals surface area contributed by atoms with E-state index in [2.05, 4.69) is 25.4 Å². The van der Waals surface area contributed by atoms with Crippen molar-refractivity contribution in [1.29, 1.82) is 5.26 Å². The van der Waals surface area contributed by atoms with Crippen molar-refractivity contribution in [3.8, 4) is 11.8 Å². The molecule has 0 saturated heterocycles. The average Bonchev–Trinajstić information content (AvgIpc) is 2.45. The lowest BCUT2D eigenvalue weighted by Crippen LogP contribution is -2.21. The van der Waals surface area contributed by atoms with Gasteiger partial charge in [0.15, 0.2) is 5.75 Å². The van der Waals surface area contributed by atoms with Crippen molar-refractivity contribution in [2.24, 2.45) is 0 Å². The van der Waals surface area contributed by atoms with Gasteiger partial charge in [-0.15, -0.1) is 13.2 Å². The summed E-state index contributed by atoms with van der Waals surface area (Å²) in [6, 6.07) is 10.5. The predicted octanol–water partition coefficient (Wildman–Crippen LogP) is 4.02. The Labute approximate surface area is 143 Å². The Morgan fingerprint density at radius 3 is 2.50 bits per heavy atom. The van der Waals surface area contributed by atoms with E-state index in [1.807, 2.05) is 6.07 Å². The lowest BCUT2D eigenvalue weighted by atomic mass is 10.2. The second-order valence-corrected chi connectivity index (χ2v) is 7.00. The van der Waals surface area contributed by atoms with Gasteiger partial charge in [-0.05, 0) is 36.4 Å². The molecule has 0 fully saturated rings. The predicted molar refractivity (Wildman–Crippen MR) is 82.8 cm³/mol. The maximum absolute atomic E-state index is 12.5. The van der Waals surface area contributed by atoms with E-state index in [1.165, 1.54) is 30.3 Å². The van der Waals surface area contributed by atoms with Crippen molar-refractivity contribution in [3.63, 3.8) is 0 Å². The number of alkyl halides is 3. The number of benzene rings is 2. The monoisotopic (exact) mass is 420 g/mol. The molecule has 0 aliphatic rings. The van der Waals surface area contributed by atoms with E-state index in [0.717, 1.165) is 12.1 Å². The van der Waals surface area contributed by atoms with Gasteiger partial charge in [0.1, 0.15) is 4.90 Å². The molecule has 0 radical (unpaired) electrons. The van der Waals surface area contributed by atoms with Crippen LogP contribution in [0, 0.1) is 11.3 Å². The molecule has 0 unspecified atom stereocenters. The van der Waals surface area contributed by atoms with Crippen LogP contribution < -0.4 is 9.46 Å². The first-order chi connectivity index (χ1) is 11.1. The maximum atomic E-state index is 12.5. The molecule has 2 rings (SSSR count). The summed E-state index contributed by atoms with van der Waals surface area (Å²) in [6.45, 7) is 0. The highest BCUT2D eigenvalue weighted by atomic mass is 79.9. The van der Waals surface area contributed by atoms with Crippen molar-refractivity contribution in [2.45, 2.75) is 11.3 Å². The number of ether oxygens (including phenoxy) is 1. The number of nitriles is 1. The largest absolute Gasteiger partial charge is 0.573 e. The molecule has 24 heavy (non-hydrogen) atoms. The molecule has 126 valence electrons. The summed E-state index contributed by atoms with van der Waals surface area (Å²) in [7, 11) is -4.36. The number of anilines is 1. The minimum atomic E-state index is -5.05. The second kappa shape index (κ2) is 6.70. The Hall–Kier alpha value is -2.25. The normalized spacial score (nSPS) is 11.6. The standard InChI is InChI=1S/C14H8BrF3N2O3S/c15-10-4-5-13(12(7-10)23-14(16,17)18)24(21,22)20-11-3-1-2-9(6-11)8-19/h1-7,20H. The number of sulfonamides is 1. The molecule has 0 aliphatic carbocycles. The first-order valence-corrected chi connectivity index (χ1v) is 8.46. The van der Waals surface area contributed by atoms with E-state index >= 15 is 0 Å². The molecule has 0 spiro atoms. The van der Waals surface area contributed by atoms with Gasteiger partial charge in [0, 0.05) is 4.47 Å². The van der Waals surface area contributed by atoms with Crippen molar-refractivity contribution < 1.29 is 26.3 Å². The third-order valence-corrected chi connectivity index (χ3v) is 4.58. The SMILES string of the molecule is N#Cc1cccc(NS(=O)(=O)c2ccc(Br)cc2OC(F)(F)F)c1. The molecule has 0 amide bonds. The zero-order valence-electron chi connectivity index (χ0n) is 11.6. The molecule has 2 aromatic rings. The van der Waals surface area contributed by atoms with Gasteiger partial charge in [0.25, 0.3) is 10.0 Å². The summed E-state index contributed by atoms with van der Waals surface area (Å²) in [6.07, 6.45) is -5.05. The van der Waals surface area contributed by atoms with Crippen LogP contribution >= 0.6 is 15.9 Å². The Bertz CT molecular complexity index is 908. The molecule has 0 aromatic heterocycles. The van der Waals surface area contributed by atoms with E-state index < -0.39 is 27.0 Å². The fraction of sp³-hybridized carbons (Fsp3) is 0.0714. The first kappa shape index (κ1) is 18.1. The number of halogens is 4. The summed E-state index contributed by atoms with van der Waals surface area (Å²) in [5.74, 6) is -0.874. The van der Waals surface area contributed by atoms with Crippen molar-refractivity contribution in [3.05, 3.63) is 52.5 Å². The number of nitrogens with one attached hydrogen (secondary N) is 1. The number of nitrogens with zero attached hydrogens (tertiary/aromatic N) is 1. The van der Waals surface area contributed by atoms with Gasteiger partial charge in [-0.25, -0.2) is 8.42 Å². The van der Waals surface area contributed by atoms with E-state index in [1.54, 1.807) is 0 Å². The van der Waals surface area contributed by atoms with Crippen LogP contribution in [-0.2, 0) is 10.0 Å². The molecule has 0 saturated carbocycles. The zero-order valence-corrected chi connectivity index (χ0v) is 14.0. The molecule has 2 aromatic carbocycles. The Balaban J connectivity index is 2.44. The number of hydrogen-bond donors (Lipinski definition) is 1. The Kier molecular flexibility index (Phi) is 5.05. The molecular weight excluding hydrogens is 413 g/mol. The minimum absolute atomic E-state index is 0.0370. The van der Waals surface area contributed by atoms with Gasteiger partial charge >= 0.3 is 6.36 Å². The van der Waals surface area contributed by atoms with Gasteiger partial charge in [-0.3, -0.25) is 4.72 Å². The smallest absolute Gasteiger partial charge is 0.404 e. The lowest BCUT2D eigenvalue weighted by Gasteiger charge is -2.15. The third kappa shape index (κ3) is 4.62. The summed E-state index contributed by atoms with van der Waals surface area (Å²) in [5, 5.41) is 8.80. The number of rotatable bonds is 4. The van der Waals surface area contributed by atoms with Crippen LogP contribution in [0.25, 0.3) is 0 Å². The molecule has 5 nitrogen and oxygen atoms in total. The van der Waals surface area contributed by atoms with Crippen molar-refractivity contribution in [2.75, 3.05) is 4.72 Å². The van der Waals surface area contributed by atoms with Crippen LogP contribution in [0.5, 0.6) is 5.75 Å². The van der Waals surface area contributed by atoms with Crippen LogP contribution in [-0.4, -0.2) is 14.8 Å². The van der Waals surface area contributed by atoms with Crippen LogP contribution in [0.2, 0.25) is 0 Å². The fourth-order valence-electron chi connectivity index (χ4n) is 1.77. The summed E-state index contributed by atoms with van der Waals surface area (Å²) in [4.78, 5) is -0.689. The molecule has 1 N–H and O–H groups in total. The second-order valence-electron chi connectivity index (χ2n) is 4.44. The summed E-state index contributed by atoms with van der Waals surface area (Å²) in [5.41, 5.74) is 0.229. The van der Waals surface area contributed by atoms with Gasteiger partial charge in [0.2, 0.25) is 0 Å². The van der Waals surface area contributed by atoms with E-state index in [-0.39, 0.29) is 15.7 Å². The van der Waals surface area contributed by atoms with E-state index in [4.69, 9.17) is 5.26 Å². The zero-order chi connectivity index (χ0) is 18.0. The molecule has 10 heteroatoms. The summed E-state index contributed by atoms with van der Waals surface area (Å²) >= 11 is 2.96. The maximum Gasteiger partial charge on any atom is 0.573 e. The number of hydrogen-bond acceptors (Lipinski definition) is 4. The highest BCUT2D eigenvalue weighted by Gasteiger charge is 2.34. The third-order valence-electron chi connectivity index (χ3n) is 2.66. The Morgan fingerprint density at radius 1 is 1.17 bits per heavy atom. The lowest BCUT2D eigenvalue weighted by molar-refractivity contribution is -0.275. The summed E-state index contributed by atoms with van der Waals surface area (Å²) < 4.78 is 68.3. The molecule has 0 atom stereocenters. The van der Waals surface area contributed by atoms with Crippen molar-refractivity contribution in [1.82, 2.24) is 0 Å². The van der Waals surface area contributed by atoms with Gasteiger partial charge in [-0.1, -0.05) is 22.0 Å². The van der Waals surface area contributed by atoms with Gasteiger partial charge < -0.3 is 4.74 Å². The fourth-order valence-corrected chi connectivity index (χ4v) is 3.27. The van der Waals surface area contributed by atoms with E-state index in [0.29, 0.717) is 0 Å². The molecule has 0 aliphatic heterocycles. The average molecular weight is 421 g/mol. The topological polar surface area (TPSA) is 79.2 Å². The highest BCUT2D eigenvalue weighted by Crippen LogP contribution is 2.33. The molecule has 0 heterocycles. The van der Waals surface area contributed by atoms with Gasteiger partial charge in [0.05, 0.1) is 17.3 Å². The van der Waals surface area contributed by atoms with Crippen LogP contribution in [0.4, 0.5) is 18.9 Å². The molecular formula is C14H8BrF3N2O3S. The quantitative estimate of drug-likeness (QED) is 0.809.